The SMILES string of the molecule is CC(O)C1CCN(c2cccc(NN)n2)C1. The summed E-state index contributed by atoms with van der Waals surface area (Å²) >= 11 is 0. The van der Waals surface area contributed by atoms with Gasteiger partial charge >= 0.3 is 0 Å². The minimum atomic E-state index is -0.249. The van der Waals surface area contributed by atoms with E-state index in [1.165, 1.54) is 0 Å². The van der Waals surface area contributed by atoms with E-state index in [9.17, 15) is 5.11 Å². The maximum Gasteiger partial charge on any atom is 0.142 e. The van der Waals surface area contributed by atoms with Crippen molar-refractivity contribution in [3.8, 4) is 0 Å². The zero-order valence-corrected chi connectivity index (χ0v) is 9.43. The fraction of sp³-hybridized carbons (Fsp3) is 0.545. The van der Waals surface area contributed by atoms with Gasteiger partial charge in [-0.25, -0.2) is 10.8 Å². The first-order chi connectivity index (χ1) is 7.70. The van der Waals surface area contributed by atoms with Crippen LogP contribution in [0.4, 0.5) is 11.6 Å². The van der Waals surface area contributed by atoms with E-state index in [0.717, 1.165) is 25.3 Å². The highest BCUT2D eigenvalue weighted by atomic mass is 16.3. The summed E-state index contributed by atoms with van der Waals surface area (Å²) in [5.74, 6) is 7.25. The minimum absolute atomic E-state index is 0.249. The molecule has 0 radical (unpaired) electrons. The lowest BCUT2D eigenvalue weighted by Crippen LogP contribution is -2.24. The molecule has 16 heavy (non-hydrogen) atoms. The lowest BCUT2D eigenvalue weighted by atomic mass is 10.0. The molecule has 2 unspecified atom stereocenters. The summed E-state index contributed by atoms with van der Waals surface area (Å²) in [5.41, 5.74) is 2.54. The predicted molar refractivity (Wildman–Crippen MR) is 64.0 cm³/mol. The van der Waals surface area contributed by atoms with Gasteiger partial charge < -0.3 is 15.4 Å². The molecule has 4 N–H and O–H groups in total. The number of rotatable bonds is 3. The lowest BCUT2D eigenvalue weighted by Gasteiger charge is -2.19. The van der Waals surface area contributed by atoms with Crippen LogP contribution in [0.15, 0.2) is 18.2 Å². The number of hydrazine groups is 1. The molecule has 1 aromatic heterocycles. The Morgan fingerprint density at radius 3 is 3.06 bits per heavy atom. The molecule has 0 aliphatic carbocycles. The van der Waals surface area contributed by atoms with Crippen LogP contribution in [0.5, 0.6) is 0 Å². The van der Waals surface area contributed by atoms with Crippen molar-refractivity contribution in [1.29, 1.82) is 0 Å². The van der Waals surface area contributed by atoms with Gasteiger partial charge in [0.25, 0.3) is 0 Å². The molecule has 0 saturated carbocycles. The van der Waals surface area contributed by atoms with Crippen LogP contribution >= 0.6 is 0 Å². The number of aromatic nitrogens is 1. The van der Waals surface area contributed by atoms with Gasteiger partial charge in [0.15, 0.2) is 0 Å². The summed E-state index contributed by atoms with van der Waals surface area (Å²) in [6, 6.07) is 5.71. The fourth-order valence-corrected chi connectivity index (χ4v) is 2.07. The Morgan fingerprint density at radius 1 is 1.62 bits per heavy atom. The van der Waals surface area contributed by atoms with Gasteiger partial charge in [0.05, 0.1) is 6.10 Å². The Labute approximate surface area is 95.2 Å². The highest BCUT2D eigenvalue weighted by molar-refractivity contribution is 5.47. The molecule has 1 aromatic rings. The molecule has 0 amide bonds. The second-order valence-corrected chi connectivity index (χ2v) is 4.26. The third-order valence-corrected chi connectivity index (χ3v) is 3.11. The average Bonchev–Trinajstić information content (AvgIpc) is 2.78. The first-order valence-corrected chi connectivity index (χ1v) is 5.57. The standard InChI is InChI=1S/C11H18N4O/c1-8(16)9-5-6-15(7-9)11-4-2-3-10(13-11)14-12/h2-4,8-9,16H,5-7,12H2,1H3,(H,13,14). The Bertz CT molecular complexity index is 356. The van der Waals surface area contributed by atoms with Gasteiger partial charge in [-0.3, -0.25) is 0 Å². The number of nitrogens with two attached hydrogens (primary N) is 1. The molecule has 88 valence electrons. The van der Waals surface area contributed by atoms with E-state index >= 15 is 0 Å². The third kappa shape index (κ3) is 2.25. The Morgan fingerprint density at radius 2 is 2.44 bits per heavy atom. The summed E-state index contributed by atoms with van der Waals surface area (Å²) in [7, 11) is 0. The van der Waals surface area contributed by atoms with E-state index in [1.54, 1.807) is 0 Å². The smallest absolute Gasteiger partial charge is 0.142 e. The molecule has 1 fully saturated rings. The molecular formula is C11H18N4O. The Kier molecular flexibility index (Phi) is 3.26. The topological polar surface area (TPSA) is 74.4 Å². The van der Waals surface area contributed by atoms with Gasteiger partial charge in [-0.2, -0.15) is 0 Å². The van der Waals surface area contributed by atoms with Crippen molar-refractivity contribution in [2.24, 2.45) is 11.8 Å². The number of nitrogens with one attached hydrogen (secondary N) is 1. The summed E-state index contributed by atoms with van der Waals surface area (Å²) in [4.78, 5) is 6.55. The number of hydrogen-bond donors (Lipinski definition) is 3. The summed E-state index contributed by atoms with van der Waals surface area (Å²) in [6.45, 7) is 3.65. The number of nitrogen functional groups attached to an aromatic ring is 1. The first-order valence-electron chi connectivity index (χ1n) is 5.57. The average molecular weight is 222 g/mol. The second kappa shape index (κ2) is 4.67. The monoisotopic (exact) mass is 222 g/mol. The van der Waals surface area contributed by atoms with Crippen LogP contribution in [0.2, 0.25) is 0 Å². The van der Waals surface area contributed by atoms with Crippen molar-refractivity contribution < 1.29 is 5.11 Å². The maximum atomic E-state index is 9.54. The van der Waals surface area contributed by atoms with Gasteiger partial charge in [-0.15, -0.1) is 0 Å². The van der Waals surface area contributed by atoms with E-state index in [0.29, 0.717) is 11.7 Å². The van der Waals surface area contributed by atoms with Crippen LogP contribution < -0.4 is 16.2 Å². The molecule has 0 aromatic carbocycles. The van der Waals surface area contributed by atoms with Gasteiger partial charge in [0.2, 0.25) is 0 Å². The molecule has 1 aliphatic heterocycles. The molecule has 2 rings (SSSR count). The summed E-state index contributed by atoms with van der Waals surface area (Å²) < 4.78 is 0. The third-order valence-electron chi connectivity index (χ3n) is 3.11. The van der Waals surface area contributed by atoms with Crippen LogP contribution in [-0.2, 0) is 0 Å². The minimum Gasteiger partial charge on any atom is -0.393 e. The van der Waals surface area contributed by atoms with Crippen LogP contribution in [0, 0.1) is 5.92 Å². The van der Waals surface area contributed by atoms with Crippen LogP contribution in [-0.4, -0.2) is 29.3 Å². The number of aliphatic hydroxyl groups excluding tert-OH is 1. The van der Waals surface area contributed by atoms with Crippen LogP contribution in [0.3, 0.4) is 0 Å². The van der Waals surface area contributed by atoms with Crippen molar-refractivity contribution >= 4 is 11.6 Å². The van der Waals surface area contributed by atoms with E-state index in [2.05, 4.69) is 15.3 Å². The van der Waals surface area contributed by atoms with Gasteiger partial charge in [-0.05, 0) is 25.5 Å². The fourth-order valence-electron chi connectivity index (χ4n) is 2.07. The lowest BCUT2D eigenvalue weighted by molar-refractivity contribution is 0.136. The first kappa shape index (κ1) is 11.2. The Hall–Kier alpha value is -1.33. The van der Waals surface area contributed by atoms with E-state index in [4.69, 9.17) is 5.84 Å². The highest BCUT2D eigenvalue weighted by Gasteiger charge is 2.26. The van der Waals surface area contributed by atoms with Gasteiger partial charge in [0, 0.05) is 19.0 Å². The number of nitrogens with zero attached hydrogens (tertiary/aromatic N) is 2. The molecule has 0 bridgehead atoms. The van der Waals surface area contributed by atoms with Crippen molar-refractivity contribution in [2.45, 2.75) is 19.4 Å². The molecule has 2 heterocycles. The number of anilines is 2. The largest absolute Gasteiger partial charge is 0.393 e. The second-order valence-electron chi connectivity index (χ2n) is 4.26. The van der Waals surface area contributed by atoms with Crippen molar-refractivity contribution in [3.63, 3.8) is 0 Å². The van der Waals surface area contributed by atoms with Crippen molar-refractivity contribution in [2.75, 3.05) is 23.4 Å². The number of pyridine rings is 1. The zero-order chi connectivity index (χ0) is 11.5. The maximum absolute atomic E-state index is 9.54. The zero-order valence-electron chi connectivity index (χ0n) is 9.43. The van der Waals surface area contributed by atoms with E-state index in [-0.39, 0.29) is 6.10 Å². The molecule has 1 aliphatic rings. The van der Waals surface area contributed by atoms with Gasteiger partial charge in [0.1, 0.15) is 11.6 Å². The highest BCUT2D eigenvalue weighted by Crippen LogP contribution is 2.24. The van der Waals surface area contributed by atoms with E-state index in [1.807, 2.05) is 25.1 Å². The molecule has 5 nitrogen and oxygen atoms in total. The molecule has 0 spiro atoms. The van der Waals surface area contributed by atoms with Crippen molar-refractivity contribution in [3.05, 3.63) is 18.2 Å². The van der Waals surface area contributed by atoms with E-state index < -0.39 is 0 Å². The number of hydrogen-bond acceptors (Lipinski definition) is 5. The number of aliphatic hydroxyl groups is 1. The summed E-state index contributed by atoms with van der Waals surface area (Å²) in [6.07, 6.45) is 0.764. The quantitative estimate of drug-likeness (QED) is 0.515. The summed E-state index contributed by atoms with van der Waals surface area (Å²) in [5, 5.41) is 9.54. The van der Waals surface area contributed by atoms with Gasteiger partial charge in [-0.1, -0.05) is 6.07 Å². The molecule has 1 saturated heterocycles. The Balaban J connectivity index is 2.08. The van der Waals surface area contributed by atoms with Crippen LogP contribution in [0.1, 0.15) is 13.3 Å². The van der Waals surface area contributed by atoms with Crippen molar-refractivity contribution in [1.82, 2.24) is 4.98 Å². The molecular weight excluding hydrogens is 204 g/mol. The normalized spacial score (nSPS) is 22.2. The molecule has 5 heteroatoms. The van der Waals surface area contributed by atoms with Crippen LogP contribution in [0.25, 0.3) is 0 Å². The predicted octanol–water partition coefficient (Wildman–Crippen LogP) is 0.574. The molecule has 2 atom stereocenters.